The minimum Gasteiger partial charge on any atom is -0.372 e. The molecule has 2 aromatic carbocycles. The second-order valence-electron chi connectivity index (χ2n) is 7.02. The zero-order valence-electron chi connectivity index (χ0n) is 16.4. The van der Waals surface area contributed by atoms with E-state index in [4.69, 9.17) is 32.7 Å². The Kier molecular flexibility index (Phi) is 8.15. The minimum atomic E-state index is 0.181. The predicted molar refractivity (Wildman–Crippen MR) is 116 cm³/mol. The van der Waals surface area contributed by atoms with E-state index in [9.17, 15) is 0 Å². The number of hydrogen-bond acceptors (Lipinski definition) is 4. The predicted octanol–water partition coefficient (Wildman–Crippen LogP) is 4.35. The van der Waals surface area contributed by atoms with Gasteiger partial charge in [0.1, 0.15) is 0 Å². The Morgan fingerprint density at radius 2 is 1.21 bits per heavy atom. The van der Waals surface area contributed by atoms with Crippen molar-refractivity contribution in [2.75, 3.05) is 40.4 Å². The molecule has 2 aliphatic heterocycles. The van der Waals surface area contributed by atoms with Crippen LogP contribution in [-0.2, 0) is 22.3 Å². The van der Waals surface area contributed by atoms with E-state index in [1.54, 1.807) is 0 Å². The highest BCUT2D eigenvalue weighted by Crippen LogP contribution is 2.29. The second-order valence-corrected chi connectivity index (χ2v) is 7.89. The summed E-state index contributed by atoms with van der Waals surface area (Å²) in [5.74, 6) is 0. The Labute approximate surface area is 177 Å². The first kappa shape index (κ1) is 21.6. The van der Waals surface area contributed by atoms with Crippen molar-refractivity contribution in [3.63, 3.8) is 0 Å². The molecule has 4 nitrogen and oxygen atoms in total. The third-order valence-corrected chi connectivity index (χ3v) is 5.53. The van der Waals surface area contributed by atoms with E-state index >= 15 is 0 Å². The Morgan fingerprint density at radius 3 is 1.61 bits per heavy atom. The summed E-state index contributed by atoms with van der Waals surface area (Å²) in [5, 5.41) is 7.90. The molecule has 152 valence electrons. The molecule has 2 aromatic rings. The molecule has 2 atom stereocenters. The average Bonchev–Trinajstić information content (AvgIpc) is 2.69. The topological polar surface area (TPSA) is 42.5 Å². The van der Waals surface area contributed by atoms with Gasteiger partial charge in [0.15, 0.2) is 0 Å². The molecule has 2 heterocycles. The maximum absolute atomic E-state index is 5.94. The average molecular weight is 423 g/mol. The van der Waals surface area contributed by atoms with Gasteiger partial charge in [-0.05, 0) is 73.5 Å². The van der Waals surface area contributed by atoms with Crippen LogP contribution >= 0.6 is 23.2 Å². The highest BCUT2D eigenvalue weighted by atomic mass is 35.5. The first-order valence-electron chi connectivity index (χ1n) is 9.71. The van der Waals surface area contributed by atoms with Crippen LogP contribution in [0, 0.1) is 0 Å². The minimum absolute atomic E-state index is 0.181. The molecular weight excluding hydrogens is 395 g/mol. The van der Waals surface area contributed by atoms with Gasteiger partial charge in [0.05, 0.1) is 25.4 Å². The SMILES string of the molecule is CNC[C@@H]1OCCc2cc(Cl)ccc21.CNC[C@H]1OCCc2cc(Cl)ccc21. The van der Waals surface area contributed by atoms with Gasteiger partial charge in [-0.2, -0.15) is 0 Å². The maximum Gasteiger partial charge on any atom is 0.0951 e. The highest BCUT2D eigenvalue weighted by Gasteiger charge is 2.20. The quantitative estimate of drug-likeness (QED) is 0.768. The zero-order chi connectivity index (χ0) is 19.9. The molecule has 0 aromatic heterocycles. The van der Waals surface area contributed by atoms with Crippen molar-refractivity contribution in [1.82, 2.24) is 10.6 Å². The lowest BCUT2D eigenvalue weighted by Crippen LogP contribution is -2.25. The van der Waals surface area contributed by atoms with Gasteiger partial charge in [-0.3, -0.25) is 0 Å². The molecule has 0 amide bonds. The molecule has 2 N–H and O–H groups in total. The van der Waals surface area contributed by atoms with E-state index in [1.807, 2.05) is 38.4 Å². The van der Waals surface area contributed by atoms with Crippen molar-refractivity contribution in [1.29, 1.82) is 0 Å². The van der Waals surface area contributed by atoms with Crippen LogP contribution in [0.15, 0.2) is 36.4 Å². The highest BCUT2D eigenvalue weighted by molar-refractivity contribution is 6.30. The lowest BCUT2D eigenvalue weighted by Gasteiger charge is -2.26. The fourth-order valence-corrected chi connectivity index (χ4v) is 4.11. The van der Waals surface area contributed by atoms with Crippen molar-refractivity contribution in [2.24, 2.45) is 0 Å². The standard InChI is InChI=1S/2C11H14ClNO/c2*1-13-7-11-10-3-2-9(12)6-8(10)4-5-14-11/h2*2-3,6,11,13H,4-5,7H2,1H3/t2*11-/m10/s1. The summed E-state index contributed by atoms with van der Waals surface area (Å²) in [6.45, 7) is 3.29. The maximum atomic E-state index is 5.94. The molecule has 0 saturated heterocycles. The Hall–Kier alpha value is -1.14. The van der Waals surface area contributed by atoms with Crippen LogP contribution in [0.25, 0.3) is 0 Å². The van der Waals surface area contributed by atoms with Crippen LogP contribution in [0.4, 0.5) is 0 Å². The van der Waals surface area contributed by atoms with Gasteiger partial charge < -0.3 is 20.1 Å². The summed E-state index contributed by atoms with van der Waals surface area (Å²) in [6.07, 6.45) is 2.30. The number of nitrogens with one attached hydrogen (secondary N) is 2. The van der Waals surface area contributed by atoms with Gasteiger partial charge in [0.2, 0.25) is 0 Å². The van der Waals surface area contributed by atoms with Gasteiger partial charge in [-0.25, -0.2) is 0 Å². The van der Waals surface area contributed by atoms with Gasteiger partial charge in [0, 0.05) is 23.1 Å². The van der Waals surface area contributed by atoms with Gasteiger partial charge in [-0.15, -0.1) is 0 Å². The Bertz CT molecular complexity index is 720. The Balaban J connectivity index is 0.000000161. The summed E-state index contributed by atoms with van der Waals surface area (Å²) in [5.41, 5.74) is 5.19. The summed E-state index contributed by atoms with van der Waals surface area (Å²) < 4.78 is 11.4. The number of rotatable bonds is 4. The van der Waals surface area contributed by atoms with Crippen LogP contribution in [0.2, 0.25) is 10.0 Å². The normalized spacial score (nSPS) is 20.6. The van der Waals surface area contributed by atoms with Crippen LogP contribution in [-0.4, -0.2) is 40.4 Å². The molecule has 0 saturated carbocycles. The number of likely N-dealkylation sites (N-methyl/N-ethyl adjacent to an activating group) is 2. The van der Waals surface area contributed by atoms with E-state index in [-0.39, 0.29) is 12.2 Å². The molecule has 2 aliphatic rings. The fourth-order valence-electron chi connectivity index (χ4n) is 3.72. The van der Waals surface area contributed by atoms with E-state index in [0.717, 1.165) is 49.2 Å². The molecule has 0 unspecified atom stereocenters. The lowest BCUT2D eigenvalue weighted by molar-refractivity contribution is 0.0437. The van der Waals surface area contributed by atoms with Crippen molar-refractivity contribution in [2.45, 2.75) is 25.0 Å². The van der Waals surface area contributed by atoms with Crippen molar-refractivity contribution in [3.8, 4) is 0 Å². The smallest absolute Gasteiger partial charge is 0.0951 e. The van der Waals surface area contributed by atoms with E-state index in [0.29, 0.717) is 0 Å². The zero-order valence-corrected chi connectivity index (χ0v) is 17.9. The molecule has 0 radical (unpaired) electrons. The number of halogens is 2. The van der Waals surface area contributed by atoms with Crippen LogP contribution in [0.1, 0.15) is 34.5 Å². The van der Waals surface area contributed by atoms with Gasteiger partial charge >= 0.3 is 0 Å². The van der Waals surface area contributed by atoms with Gasteiger partial charge in [-0.1, -0.05) is 35.3 Å². The van der Waals surface area contributed by atoms with Crippen molar-refractivity contribution in [3.05, 3.63) is 68.7 Å². The van der Waals surface area contributed by atoms with Gasteiger partial charge in [0.25, 0.3) is 0 Å². The number of benzene rings is 2. The van der Waals surface area contributed by atoms with Crippen LogP contribution in [0.5, 0.6) is 0 Å². The summed E-state index contributed by atoms with van der Waals surface area (Å²) in [4.78, 5) is 0. The molecule has 4 rings (SSSR count). The fraction of sp³-hybridized carbons (Fsp3) is 0.455. The monoisotopic (exact) mass is 422 g/mol. The molecule has 6 heteroatoms. The molecule has 28 heavy (non-hydrogen) atoms. The lowest BCUT2D eigenvalue weighted by atomic mass is 9.97. The van der Waals surface area contributed by atoms with E-state index in [2.05, 4.69) is 22.8 Å². The third-order valence-electron chi connectivity index (χ3n) is 5.06. The summed E-state index contributed by atoms with van der Waals surface area (Å²) in [7, 11) is 3.88. The largest absolute Gasteiger partial charge is 0.372 e. The molecular formula is C22H28Cl2N2O2. The van der Waals surface area contributed by atoms with Crippen LogP contribution in [0.3, 0.4) is 0 Å². The van der Waals surface area contributed by atoms with Crippen molar-refractivity contribution < 1.29 is 9.47 Å². The summed E-state index contributed by atoms with van der Waals surface area (Å²) >= 11 is 11.9. The molecule has 0 bridgehead atoms. The van der Waals surface area contributed by atoms with E-state index < -0.39 is 0 Å². The molecule has 0 aliphatic carbocycles. The second kappa shape index (κ2) is 10.6. The van der Waals surface area contributed by atoms with Crippen LogP contribution < -0.4 is 10.6 Å². The first-order valence-corrected chi connectivity index (χ1v) is 10.5. The number of hydrogen-bond donors (Lipinski definition) is 2. The van der Waals surface area contributed by atoms with E-state index in [1.165, 1.54) is 22.3 Å². The first-order chi connectivity index (χ1) is 13.6. The molecule has 0 fully saturated rings. The number of fused-ring (bicyclic) bond motifs is 2. The third kappa shape index (κ3) is 5.47. The summed E-state index contributed by atoms with van der Waals surface area (Å²) in [6, 6.07) is 12.1. The molecule has 0 spiro atoms. The van der Waals surface area contributed by atoms with Crippen molar-refractivity contribution >= 4 is 23.2 Å². The number of ether oxygens (including phenoxy) is 2. The Morgan fingerprint density at radius 1 is 0.786 bits per heavy atom.